The highest BCUT2D eigenvalue weighted by Gasteiger charge is 2.41. The summed E-state index contributed by atoms with van der Waals surface area (Å²) in [5.41, 5.74) is 4.67. The van der Waals surface area contributed by atoms with Crippen LogP contribution in [0.5, 0.6) is 0 Å². The van der Waals surface area contributed by atoms with E-state index < -0.39 is 11.7 Å². The molecule has 7 rings (SSSR count). The van der Waals surface area contributed by atoms with Crippen LogP contribution in [-0.2, 0) is 6.18 Å². The smallest absolute Gasteiger partial charge is 0.337 e. The lowest BCUT2D eigenvalue weighted by Crippen LogP contribution is -2.46. The number of hydrogen-bond donors (Lipinski definition) is 1. The number of fused-ring (bicyclic) bond motifs is 4. The number of benzene rings is 4. The Morgan fingerprint density at radius 3 is 2.24 bits per heavy atom. The third-order valence-electron chi connectivity index (χ3n) is 7.21. The normalized spacial score (nSPS) is 15.8. The van der Waals surface area contributed by atoms with Crippen LogP contribution in [0.1, 0.15) is 28.4 Å². The van der Waals surface area contributed by atoms with E-state index in [0.29, 0.717) is 23.2 Å². The van der Waals surface area contributed by atoms with Gasteiger partial charge in [-0.1, -0.05) is 66.7 Å². The van der Waals surface area contributed by atoms with Gasteiger partial charge in [-0.2, -0.15) is 18.3 Å². The van der Waals surface area contributed by atoms with Gasteiger partial charge in [0.05, 0.1) is 34.4 Å². The maximum Gasteiger partial charge on any atom is 0.416 e. The maximum atomic E-state index is 13.5. The van der Waals surface area contributed by atoms with E-state index in [1.165, 1.54) is 6.07 Å². The van der Waals surface area contributed by atoms with Gasteiger partial charge in [0.25, 0.3) is 0 Å². The topological polar surface area (TPSA) is 57.8 Å². The summed E-state index contributed by atoms with van der Waals surface area (Å²) in [5.74, 6) is 1.47. The highest BCUT2D eigenvalue weighted by molar-refractivity contribution is 6.51. The average Bonchev–Trinajstić information content (AvgIpc) is 3.32. The van der Waals surface area contributed by atoms with Crippen LogP contribution in [-0.4, -0.2) is 21.5 Å². The fraction of sp³-hybridized carbons (Fsp3) is 0.0938. The molecule has 1 atom stereocenters. The molecule has 2 aliphatic rings. The van der Waals surface area contributed by atoms with Crippen molar-refractivity contribution in [2.75, 3.05) is 10.2 Å². The number of amidine groups is 2. The molecule has 0 amide bonds. The third kappa shape index (κ3) is 4.26. The Morgan fingerprint density at radius 2 is 1.49 bits per heavy atom. The van der Waals surface area contributed by atoms with Crippen molar-refractivity contribution < 1.29 is 13.2 Å². The molecule has 2 aliphatic heterocycles. The molecule has 0 spiro atoms. The first-order valence-electron chi connectivity index (χ1n) is 13.1. The summed E-state index contributed by atoms with van der Waals surface area (Å²) in [6.45, 7) is 1.97. The van der Waals surface area contributed by atoms with Crippen LogP contribution in [0.2, 0.25) is 0 Å². The van der Waals surface area contributed by atoms with Crippen molar-refractivity contribution in [1.82, 2.24) is 9.78 Å². The second-order valence-corrected chi connectivity index (χ2v) is 9.84. The van der Waals surface area contributed by atoms with Crippen molar-refractivity contribution in [2.24, 2.45) is 9.98 Å². The molecular formula is C32H23F3N6. The predicted octanol–water partition coefficient (Wildman–Crippen LogP) is 7.99. The summed E-state index contributed by atoms with van der Waals surface area (Å²) in [5, 5.41) is 8.05. The number of aryl methyl sites for hydroxylation is 1. The van der Waals surface area contributed by atoms with Crippen molar-refractivity contribution >= 4 is 34.6 Å². The number of nitrogens with zero attached hydrogens (tertiary/aromatic N) is 5. The molecule has 41 heavy (non-hydrogen) atoms. The van der Waals surface area contributed by atoms with Crippen molar-refractivity contribution in [3.8, 4) is 5.69 Å². The Labute approximate surface area is 234 Å². The first-order valence-corrected chi connectivity index (χ1v) is 13.1. The van der Waals surface area contributed by atoms with Crippen molar-refractivity contribution in [2.45, 2.75) is 19.1 Å². The lowest BCUT2D eigenvalue weighted by molar-refractivity contribution is -0.137. The standard InChI is InChI=1S/C32H23F3N6/c1-20-27-28(21-11-4-2-5-12-21)40-26-18-9-8-17-25(26)37-29(36-23-14-10-13-22(19-23)32(33,34)35)31(40)38-30(27)41(39-20)24-15-6-3-7-16-24/h2-19,28H,1H3,(H,36,37). The van der Waals surface area contributed by atoms with Crippen LogP contribution in [0.25, 0.3) is 5.69 Å². The summed E-state index contributed by atoms with van der Waals surface area (Å²) >= 11 is 0. The molecule has 0 aliphatic carbocycles. The van der Waals surface area contributed by atoms with E-state index in [2.05, 4.69) is 22.3 Å². The fourth-order valence-corrected chi connectivity index (χ4v) is 5.41. The summed E-state index contributed by atoms with van der Waals surface area (Å²) in [6.07, 6.45) is -4.47. The minimum absolute atomic E-state index is 0.260. The molecule has 0 radical (unpaired) electrons. The number of hydrogen-bond acceptors (Lipinski definition) is 5. The zero-order chi connectivity index (χ0) is 28.1. The number of halogens is 3. The largest absolute Gasteiger partial charge is 0.416 e. The van der Waals surface area contributed by atoms with Gasteiger partial charge in [0.2, 0.25) is 0 Å². The highest BCUT2D eigenvalue weighted by Crippen LogP contribution is 2.48. The van der Waals surface area contributed by atoms with Gasteiger partial charge in [0, 0.05) is 11.3 Å². The van der Waals surface area contributed by atoms with Gasteiger partial charge in [-0.15, -0.1) is 0 Å². The summed E-state index contributed by atoms with van der Waals surface area (Å²) in [6, 6.07) is 32.3. The molecule has 5 aromatic rings. The van der Waals surface area contributed by atoms with E-state index in [4.69, 9.17) is 15.1 Å². The first kappa shape index (κ1) is 24.8. The van der Waals surface area contributed by atoms with Gasteiger partial charge < -0.3 is 10.2 Å². The van der Waals surface area contributed by atoms with E-state index in [9.17, 15) is 13.2 Å². The number of alkyl halides is 3. The lowest BCUT2D eigenvalue weighted by Gasteiger charge is -2.40. The van der Waals surface area contributed by atoms with Gasteiger partial charge in [-0.3, -0.25) is 0 Å². The van der Waals surface area contributed by atoms with Crippen LogP contribution in [0.4, 0.5) is 36.1 Å². The molecule has 1 N–H and O–H groups in total. The first-order chi connectivity index (χ1) is 19.9. The highest BCUT2D eigenvalue weighted by atomic mass is 19.4. The summed E-state index contributed by atoms with van der Waals surface area (Å²) in [7, 11) is 0. The van der Waals surface area contributed by atoms with Crippen LogP contribution in [0, 0.1) is 6.92 Å². The Balaban J connectivity index is 1.46. The van der Waals surface area contributed by atoms with Gasteiger partial charge >= 0.3 is 6.18 Å². The monoisotopic (exact) mass is 548 g/mol. The number of aliphatic imine (C=N–C) groups is 2. The van der Waals surface area contributed by atoms with E-state index in [1.807, 2.05) is 84.4 Å². The number of para-hydroxylation sites is 3. The number of anilines is 2. The minimum Gasteiger partial charge on any atom is -0.337 e. The molecule has 0 saturated heterocycles. The quantitative estimate of drug-likeness (QED) is 0.249. The van der Waals surface area contributed by atoms with E-state index in [-0.39, 0.29) is 11.7 Å². The van der Waals surface area contributed by atoms with Gasteiger partial charge in [-0.05, 0) is 55.0 Å². The molecule has 1 aromatic heterocycles. The minimum atomic E-state index is -4.47. The van der Waals surface area contributed by atoms with Crippen molar-refractivity contribution in [1.29, 1.82) is 0 Å². The zero-order valence-corrected chi connectivity index (χ0v) is 21.8. The SMILES string of the molecule is Cc1nn(-c2ccccc2)c2c1C(c1ccccc1)N1C(=N2)C(Nc2cccc(C(F)(F)F)c2)=Nc2ccccc21. The molecule has 6 nitrogen and oxygen atoms in total. The molecule has 0 fully saturated rings. The lowest BCUT2D eigenvalue weighted by atomic mass is 9.93. The van der Waals surface area contributed by atoms with Crippen LogP contribution in [0.15, 0.2) is 119 Å². The van der Waals surface area contributed by atoms with Crippen LogP contribution in [0.3, 0.4) is 0 Å². The second kappa shape index (κ2) is 9.48. The predicted molar refractivity (Wildman–Crippen MR) is 155 cm³/mol. The third-order valence-corrected chi connectivity index (χ3v) is 7.21. The molecule has 1 unspecified atom stereocenters. The Kier molecular flexibility index (Phi) is 5.74. The Morgan fingerprint density at radius 1 is 0.780 bits per heavy atom. The van der Waals surface area contributed by atoms with Crippen LogP contribution < -0.4 is 10.2 Å². The van der Waals surface area contributed by atoms with Crippen molar-refractivity contribution in [3.63, 3.8) is 0 Å². The molecule has 9 heteroatoms. The number of rotatable bonds is 3. The van der Waals surface area contributed by atoms with Gasteiger partial charge in [0.1, 0.15) is 0 Å². The molecule has 0 bridgehead atoms. The molecule has 4 aromatic carbocycles. The van der Waals surface area contributed by atoms with E-state index >= 15 is 0 Å². The average molecular weight is 549 g/mol. The zero-order valence-electron chi connectivity index (χ0n) is 21.8. The van der Waals surface area contributed by atoms with Gasteiger partial charge in [-0.25, -0.2) is 14.7 Å². The molecular weight excluding hydrogens is 525 g/mol. The van der Waals surface area contributed by atoms with Crippen molar-refractivity contribution in [3.05, 3.63) is 132 Å². The van der Waals surface area contributed by atoms with E-state index in [1.54, 1.807) is 6.07 Å². The Bertz CT molecular complexity index is 1820. The number of aromatic nitrogens is 2. The summed E-state index contributed by atoms with van der Waals surface area (Å²) < 4.78 is 42.4. The maximum absolute atomic E-state index is 13.5. The molecule has 0 saturated carbocycles. The summed E-state index contributed by atoms with van der Waals surface area (Å²) in [4.78, 5) is 12.1. The fourth-order valence-electron chi connectivity index (χ4n) is 5.41. The molecule has 3 heterocycles. The second-order valence-electron chi connectivity index (χ2n) is 9.84. The Hall–Kier alpha value is -5.18. The number of nitrogens with one attached hydrogen (secondary N) is 1. The van der Waals surface area contributed by atoms with Gasteiger partial charge in [0.15, 0.2) is 17.5 Å². The van der Waals surface area contributed by atoms with Crippen LogP contribution >= 0.6 is 0 Å². The van der Waals surface area contributed by atoms with E-state index in [0.717, 1.165) is 40.3 Å². The molecule has 202 valence electrons.